The van der Waals surface area contributed by atoms with Crippen molar-refractivity contribution in [1.29, 1.82) is 0 Å². The Hall–Kier alpha value is -1.98. The monoisotopic (exact) mass is 264 g/mol. The van der Waals surface area contributed by atoms with Gasteiger partial charge in [0.15, 0.2) is 0 Å². The van der Waals surface area contributed by atoms with Crippen LogP contribution in [0.3, 0.4) is 0 Å². The number of hydrogen-bond acceptors (Lipinski definition) is 1. The van der Waals surface area contributed by atoms with Crippen molar-refractivity contribution in [1.82, 2.24) is 4.98 Å². The van der Waals surface area contributed by atoms with Gasteiger partial charge in [-0.3, -0.25) is 4.98 Å². The van der Waals surface area contributed by atoms with Gasteiger partial charge in [0, 0.05) is 14.1 Å². The number of aromatic nitrogens is 1. The van der Waals surface area contributed by atoms with E-state index >= 15 is 0 Å². The molecule has 3 aromatic rings. The molecule has 0 aliphatic rings. The SMILES string of the molecule is [2H]c1cccc(P(c2ccccc2)c2ccccc2)n1. The molecule has 0 unspecified atom stereocenters. The number of hydrogen-bond donors (Lipinski definition) is 0. The Bertz CT molecular complexity index is 646. The third kappa shape index (κ3) is 2.72. The first-order valence-electron chi connectivity index (χ1n) is 6.68. The smallest absolute Gasteiger partial charge is 0.0840 e. The molecule has 0 amide bonds. The van der Waals surface area contributed by atoms with Crippen LogP contribution in [0.5, 0.6) is 0 Å². The zero-order valence-corrected chi connectivity index (χ0v) is 11.3. The lowest BCUT2D eigenvalue weighted by molar-refractivity contribution is 1.39. The molecule has 0 aliphatic carbocycles. The van der Waals surface area contributed by atoms with Gasteiger partial charge in [0.2, 0.25) is 0 Å². The third-order valence-electron chi connectivity index (χ3n) is 2.85. The van der Waals surface area contributed by atoms with Crippen molar-refractivity contribution in [2.24, 2.45) is 0 Å². The highest BCUT2D eigenvalue weighted by Crippen LogP contribution is 2.31. The van der Waals surface area contributed by atoms with Gasteiger partial charge >= 0.3 is 0 Å². The molecule has 1 heterocycles. The normalized spacial score (nSPS) is 11.3. The molecule has 1 nitrogen and oxygen atoms in total. The van der Waals surface area contributed by atoms with Gasteiger partial charge in [0.1, 0.15) is 0 Å². The highest BCUT2D eigenvalue weighted by atomic mass is 31.1. The average Bonchev–Trinajstić information content (AvgIpc) is 2.50. The fourth-order valence-corrected chi connectivity index (χ4v) is 4.17. The average molecular weight is 264 g/mol. The van der Waals surface area contributed by atoms with E-state index in [1.807, 2.05) is 24.3 Å². The summed E-state index contributed by atoms with van der Waals surface area (Å²) in [7, 11) is -0.693. The van der Waals surface area contributed by atoms with Gasteiger partial charge in [-0.2, -0.15) is 0 Å². The molecule has 0 atom stereocenters. The molecule has 0 radical (unpaired) electrons. The topological polar surface area (TPSA) is 12.9 Å². The molecule has 0 aliphatic heterocycles. The zero-order chi connectivity index (χ0) is 13.8. The Labute approximate surface area is 116 Å². The van der Waals surface area contributed by atoms with Crippen LogP contribution in [0.2, 0.25) is 0 Å². The van der Waals surface area contributed by atoms with Gasteiger partial charge in [0.25, 0.3) is 0 Å². The van der Waals surface area contributed by atoms with E-state index in [1.54, 1.807) is 6.07 Å². The lowest BCUT2D eigenvalue weighted by Crippen LogP contribution is -2.22. The van der Waals surface area contributed by atoms with Crippen LogP contribution in [0.25, 0.3) is 0 Å². The zero-order valence-electron chi connectivity index (χ0n) is 11.4. The van der Waals surface area contributed by atoms with Gasteiger partial charge in [0.05, 0.1) is 6.81 Å². The van der Waals surface area contributed by atoms with E-state index in [4.69, 9.17) is 1.37 Å². The molecule has 2 heteroatoms. The van der Waals surface area contributed by atoms with Gasteiger partial charge in [-0.25, -0.2) is 0 Å². The number of rotatable bonds is 3. The van der Waals surface area contributed by atoms with E-state index in [2.05, 4.69) is 53.5 Å². The Morgan fingerprint density at radius 1 is 0.684 bits per heavy atom. The minimum absolute atomic E-state index is 0.321. The molecule has 0 fully saturated rings. The fourth-order valence-electron chi connectivity index (χ4n) is 2.01. The van der Waals surface area contributed by atoms with Crippen molar-refractivity contribution in [3.8, 4) is 0 Å². The third-order valence-corrected chi connectivity index (χ3v) is 5.19. The summed E-state index contributed by atoms with van der Waals surface area (Å²) in [4.78, 5) is 4.42. The van der Waals surface area contributed by atoms with Crippen LogP contribution in [0, 0.1) is 0 Å². The van der Waals surface area contributed by atoms with Crippen LogP contribution >= 0.6 is 7.92 Å². The van der Waals surface area contributed by atoms with E-state index < -0.39 is 7.92 Å². The maximum atomic E-state index is 7.75. The highest BCUT2D eigenvalue weighted by Gasteiger charge is 2.16. The maximum Gasteiger partial charge on any atom is 0.0840 e. The molecule has 1 aromatic heterocycles. The van der Waals surface area contributed by atoms with E-state index in [9.17, 15) is 0 Å². The maximum absolute atomic E-state index is 7.75. The number of nitrogens with zero attached hydrogens (tertiary/aromatic N) is 1. The van der Waals surface area contributed by atoms with Crippen LogP contribution in [-0.4, -0.2) is 4.98 Å². The van der Waals surface area contributed by atoms with Crippen LogP contribution < -0.4 is 16.0 Å². The number of pyridine rings is 1. The molecule has 0 saturated carbocycles. The predicted octanol–water partition coefficient (Wildman–Crippen LogP) is 2.84. The second-order valence-electron chi connectivity index (χ2n) is 4.13. The fraction of sp³-hybridized carbons (Fsp3) is 0. The standard InChI is InChI=1S/C17H14NP/c1-3-9-15(10-4-1)19(16-11-5-2-6-12-16)17-13-7-8-14-18-17/h1-14H/i14D. The summed E-state index contributed by atoms with van der Waals surface area (Å²) in [5, 5.41) is 2.51. The van der Waals surface area contributed by atoms with Crippen molar-refractivity contribution < 1.29 is 1.37 Å². The van der Waals surface area contributed by atoms with E-state index in [-0.39, 0.29) is 0 Å². The molecule has 0 N–H and O–H groups in total. The molecular formula is C17H14NP. The Morgan fingerprint density at radius 2 is 1.21 bits per heavy atom. The Balaban J connectivity index is 2.14. The summed E-state index contributed by atoms with van der Waals surface area (Å²) in [5.41, 5.74) is 0.977. The van der Waals surface area contributed by atoms with Gasteiger partial charge in [-0.1, -0.05) is 66.7 Å². The molecular weight excluding hydrogens is 249 g/mol. The molecule has 0 bridgehead atoms. The van der Waals surface area contributed by atoms with E-state index in [0.29, 0.717) is 6.17 Å². The minimum atomic E-state index is -0.693. The summed E-state index contributed by atoms with van der Waals surface area (Å²) in [5.74, 6) is 0. The van der Waals surface area contributed by atoms with Crippen molar-refractivity contribution in [2.75, 3.05) is 0 Å². The summed E-state index contributed by atoms with van der Waals surface area (Å²) in [6.07, 6.45) is 0.321. The van der Waals surface area contributed by atoms with Crippen molar-refractivity contribution in [3.05, 3.63) is 85.0 Å². The summed E-state index contributed by atoms with van der Waals surface area (Å²) in [6, 6.07) is 26.4. The molecule has 2 aromatic carbocycles. The van der Waals surface area contributed by atoms with Gasteiger partial charge < -0.3 is 0 Å². The molecule has 92 valence electrons. The molecule has 19 heavy (non-hydrogen) atoms. The summed E-state index contributed by atoms with van der Waals surface area (Å²) >= 11 is 0. The summed E-state index contributed by atoms with van der Waals surface area (Å²) < 4.78 is 7.75. The van der Waals surface area contributed by atoms with Crippen molar-refractivity contribution in [2.45, 2.75) is 0 Å². The Kier molecular flexibility index (Phi) is 3.31. The van der Waals surface area contributed by atoms with Crippen molar-refractivity contribution >= 4 is 24.0 Å². The first kappa shape index (κ1) is 10.9. The van der Waals surface area contributed by atoms with Crippen LogP contribution in [-0.2, 0) is 0 Å². The number of benzene rings is 2. The summed E-state index contributed by atoms with van der Waals surface area (Å²) in [6.45, 7) is 0. The highest BCUT2D eigenvalue weighted by molar-refractivity contribution is 7.79. The van der Waals surface area contributed by atoms with E-state index in [0.717, 1.165) is 5.44 Å². The van der Waals surface area contributed by atoms with E-state index in [1.165, 1.54) is 10.6 Å². The lowest BCUT2D eigenvalue weighted by atomic mass is 10.4. The quantitative estimate of drug-likeness (QED) is 0.663. The minimum Gasteiger partial charge on any atom is -0.256 e. The predicted molar refractivity (Wildman–Crippen MR) is 82.9 cm³/mol. The van der Waals surface area contributed by atoms with Crippen LogP contribution in [0.4, 0.5) is 0 Å². The Morgan fingerprint density at radius 3 is 1.74 bits per heavy atom. The first-order chi connectivity index (χ1) is 9.84. The largest absolute Gasteiger partial charge is 0.256 e. The molecule has 3 rings (SSSR count). The second kappa shape index (κ2) is 5.77. The van der Waals surface area contributed by atoms with Crippen molar-refractivity contribution in [3.63, 3.8) is 0 Å². The first-order valence-corrected chi connectivity index (χ1v) is 7.53. The molecule has 0 spiro atoms. The van der Waals surface area contributed by atoms with Gasteiger partial charge in [-0.05, 0) is 22.7 Å². The van der Waals surface area contributed by atoms with Gasteiger partial charge in [-0.15, -0.1) is 0 Å². The van der Waals surface area contributed by atoms with Crippen LogP contribution in [0.1, 0.15) is 1.37 Å². The second-order valence-corrected chi connectivity index (χ2v) is 6.29. The molecule has 0 saturated heterocycles. The van der Waals surface area contributed by atoms with Crippen LogP contribution in [0.15, 0.2) is 85.0 Å². The lowest BCUT2D eigenvalue weighted by Gasteiger charge is -2.17.